The van der Waals surface area contributed by atoms with Crippen molar-refractivity contribution in [1.82, 2.24) is 5.32 Å². The molecule has 164 valence electrons. The van der Waals surface area contributed by atoms with Crippen LogP contribution in [0.15, 0.2) is 29.3 Å². The summed E-state index contributed by atoms with van der Waals surface area (Å²) in [5.74, 6) is 0.313. The van der Waals surface area contributed by atoms with Crippen LogP contribution in [0.4, 0.5) is 5.00 Å². The van der Waals surface area contributed by atoms with E-state index in [1.54, 1.807) is 23.2 Å². The van der Waals surface area contributed by atoms with E-state index in [1.807, 2.05) is 58.9 Å². The molecule has 1 amide bonds. The lowest BCUT2D eigenvalue weighted by molar-refractivity contribution is -0.128. The van der Waals surface area contributed by atoms with E-state index in [9.17, 15) is 4.79 Å². The number of halogens is 1. The SMILES string of the molecule is CC(=N)N1C(=N)C(CNC(=O)C(C)(C)C)N=C(c2ccc(Cl)cc2)c2c1sc(C)c2C. The number of nitrogens with zero attached hydrogens (tertiary/aromatic N) is 2. The van der Waals surface area contributed by atoms with E-state index in [1.165, 1.54) is 0 Å². The molecule has 1 atom stereocenters. The first-order valence-electron chi connectivity index (χ1n) is 10.1. The van der Waals surface area contributed by atoms with Crippen LogP contribution in [0.25, 0.3) is 0 Å². The zero-order chi connectivity index (χ0) is 23.1. The molecule has 0 fully saturated rings. The van der Waals surface area contributed by atoms with Gasteiger partial charge in [0, 0.05) is 33.0 Å². The van der Waals surface area contributed by atoms with E-state index in [4.69, 9.17) is 27.4 Å². The van der Waals surface area contributed by atoms with Crippen LogP contribution in [0.1, 0.15) is 49.3 Å². The third kappa shape index (κ3) is 4.57. The summed E-state index contributed by atoms with van der Waals surface area (Å²) in [6, 6.07) is 6.84. The van der Waals surface area contributed by atoms with Gasteiger partial charge in [0.15, 0.2) is 0 Å². The average Bonchev–Trinajstić information content (AvgIpc) is 2.88. The summed E-state index contributed by atoms with van der Waals surface area (Å²) in [7, 11) is 0. The van der Waals surface area contributed by atoms with Gasteiger partial charge in [-0.1, -0.05) is 44.5 Å². The summed E-state index contributed by atoms with van der Waals surface area (Å²) >= 11 is 7.66. The Morgan fingerprint density at radius 2 is 1.87 bits per heavy atom. The first kappa shape index (κ1) is 23.2. The molecule has 2 heterocycles. The van der Waals surface area contributed by atoms with Gasteiger partial charge in [0.2, 0.25) is 5.91 Å². The van der Waals surface area contributed by atoms with E-state index < -0.39 is 11.5 Å². The van der Waals surface area contributed by atoms with Gasteiger partial charge in [-0.15, -0.1) is 11.3 Å². The molecule has 0 spiro atoms. The molecule has 0 saturated carbocycles. The van der Waals surface area contributed by atoms with Gasteiger partial charge in [-0.3, -0.25) is 25.5 Å². The molecule has 1 aliphatic rings. The number of amides is 1. The summed E-state index contributed by atoms with van der Waals surface area (Å²) in [4.78, 5) is 20.2. The summed E-state index contributed by atoms with van der Waals surface area (Å²) in [6.07, 6.45) is 0. The van der Waals surface area contributed by atoms with E-state index in [0.29, 0.717) is 5.02 Å². The minimum atomic E-state index is -0.628. The van der Waals surface area contributed by atoms with Gasteiger partial charge in [-0.25, -0.2) is 0 Å². The number of hydrogen-bond donors (Lipinski definition) is 3. The topological polar surface area (TPSA) is 92.4 Å². The molecule has 2 aromatic rings. The molecule has 3 N–H and O–H groups in total. The fourth-order valence-corrected chi connectivity index (χ4v) is 4.69. The number of carbonyl (C=O) groups is 1. The van der Waals surface area contributed by atoms with E-state index in [2.05, 4.69) is 5.32 Å². The van der Waals surface area contributed by atoms with Gasteiger partial charge in [0.05, 0.1) is 5.71 Å². The summed E-state index contributed by atoms with van der Waals surface area (Å²) in [5.41, 5.74) is 3.09. The molecule has 1 aromatic carbocycles. The average molecular weight is 458 g/mol. The van der Waals surface area contributed by atoms with Crippen LogP contribution >= 0.6 is 22.9 Å². The maximum atomic E-state index is 12.5. The van der Waals surface area contributed by atoms with Crippen LogP contribution in [0.5, 0.6) is 0 Å². The van der Waals surface area contributed by atoms with E-state index in [-0.39, 0.29) is 24.1 Å². The van der Waals surface area contributed by atoms with Gasteiger partial charge in [0.1, 0.15) is 22.7 Å². The fraction of sp³-hybridized carbons (Fsp3) is 0.391. The van der Waals surface area contributed by atoms with Gasteiger partial charge < -0.3 is 5.32 Å². The normalized spacial score (nSPS) is 16.5. The maximum Gasteiger partial charge on any atom is 0.225 e. The number of amidine groups is 2. The van der Waals surface area contributed by atoms with Crippen LogP contribution in [-0.2, 0) is 4.79 Å². The number of benzene rings is 1. The number of thiophene rings is 1. The van der Waals surface area contributed by atoms with Crippen LogP contribution in [-0.4, -0.2) is 35.9 Å². The smallest absolute Gasteiger partial charge is 0.225 e. The summed E-state index contributed by atoms with van der Waals surface area (Å²) in [5, 5.41) is 21.6. The number of carbonyl (C=O) groups excluding carboxylic acids is 1. The lowest BCUT2D eigenvalue weighted by atomic mass is 9.95. The van der Waals surface area contributed by atoms with Crippen molar-refractivity contribution in [2.75, 3.05) is 11.4 Å². The molecule has 8 heteroatoms. The molecule has 1 aliphatic heterocycles. The Morgan fingerprint density at radius 1 is 1.26 bits per heavy atom. The molecule has 0 radical (unpaired) electrons. The lowest BCUT2D eigenvalue weighted by Crippen LogP contribution is -2.46. The van der Waals surface area contributed by atoms with Crippen molar-refractivity contribution in [3.05, 3.63) is 50.9 Å². The molecule has 0 bridgehead atoms. The number of anilines is 1. The van der Waals surface area contributed by atoms with Crippen molar-refractivity contribution in [3.8, 4) is 0 Å². The zero-order valence-electron chi connectivity index (χ0n) is 18.7. The summed E-state index contributed by atoms with van der Waals surface area (Å²) in [6.45, 7) is 11.5. The number of hydrogen-bond acceptors (Lipinski definition) is 5. The molecule has 0 aliphatic carbocycles. The van der Waals surface area contributed by atoms with E-state index in [0.717, 1.165) is 32.3 Å². The van der Waals surface area contributed by atoms with Crippen molar-refractivity contribution < 1.29 is 4.79 Å². The van der Waals surface area contributed by atoms with Crippen molar-refractivity contribution in [2.45, 2.75) is 47.6 Å². The second-order valence-electron chi connectivity index (χ2n) is 8.73. The molecule has 3 rings (SSSR count). The largest absolute Gasteiger partial charge is 0.353 e. The first-order chi connectivity index (χ1) is 14.4. The van der Waals surface area contributed by atoms with Crippen molar-refractivity contribution >= 4 is 51.2 Å². The molecule has 31 heavy (non-hydrogen) atoms. The van der Waals surface area contributed by atoms with Crippen molar-refractivity contribution in [1.29, 1.82) is 10.8 Å². The minimum absolute atomic E-state index is 0.104. The number of aliphatic imine (C=N–C) groups is 1. The molecular weight excluding hydrogens is 430 g/mol. The number of nitrogens with one attached hydrogen (secondary N) is 3. The fourth-order valence-electron chi connectivity index (χ4n) is 3.34. The van der Waals surface area contributed by atoms with E-state index >= 15 is 0 Å². The molecule has 1 aromatic heterocycles. The zero-order valence-corrected chi connectivity index (χ0v) is 20.3. The Bertz CT molecular complexity index is 1080. The second-order valence-corrected chi connectivity index (χ2v) is 10.4. The van der Waals surface area contributed by atoms with Crippen molar-refractivity contribution in [2.24, 2.45) is 10.4 Å². The number of aryl methyl sites for hydroxylation is 1. The second kappa shape index (κ2) is 8.55. The Labute approximate surface area is 192 Å². The third-order valence-corrected chi connectivity index (χ3v) is 6.68. The van der Waals surface area contributed by atoms with Gasteiger partial charge >= 0.3 is 0 Å². The minimum Gasteiger partial charge on any atom is -0.353 e. The monoisotopic (exact) mass is 457 g/mol. The Morgan fingerprint density at radius 3 is 2.42 bits per heavy atom. The molecule has 1 unspecified atom stereocenters. The van der Waals surface area contributed by atoms with Crippen molar-refractivity contribution in [3.63, 3.8) is 0 Å². The number of rotatable bonds is 3. The summed E-state index contributed by atoms with van der Waals surface area (Å²) < 4.78 is 0. The van der Waals surface area contributed by atoms with Crippen LogP contribution in [0.2, 0.25) is 5.02 Å². The Hall–Kier alpha value is -2.51. The van der Waals surface area contributed by atoms with Crippen LogP contribution in [0, 0.1) is 30.1 Å². The Kier molecular flexibility index (Phi) is 6.39. The number of fused-ring (bicyclic) bond motifs is 1. The molecule has 0 saturated heterocycles. The van der Waals surface area contributed by atoms with Crippen LogP contribution < -0.4 is 10.2 Å². The third-order valence-electron chi connectivity index (χ3n) is 5.24. The standard InChI is InChI=1S/C23H28ClN5OS/c1-12-13(2)31-21-18(12)19(15-7-9-16(24)10-8-15)28-17(20(26)29(21)14(3)25)11-27-22(30)23(4,5)6/h7-10,17,25-26H,11H2,1-6H3,(H,27,30). The lowest BCUT2D eigenvalue weighted by Gasteiger charge is -2.26. The first-order valence-corrected chi connectivity index (χ1v) is 11.3. The maximum absolute atomic E-state index is 12.5. The highest BCUT2D eigenvalue weighted by molar-refractivity contribution is 7.17. The van der Waals surface area contributed by atoms with Gasteiger partial charge in [0.25, 0.3) is 0 Å². The highest BCUT2D eigenvalue weighted by Crippen LogP contribution is 2.39. The highest BCUT2D eigenvalue weighted by atomic mass is 35.5. The van der Waals surface area contributed by atoms with Gasteiger partial charge in [-0.05, 0) is 38.5 Å². The quantitative estimate of drug-likeness (QED) is 0.437. The van der Waals surface area contributed by atoms with Crippen LogP contribution in [0.3, 0.4) is 0 Å². The van der Waals surface area contributed by atoms with Gasteiger partial charge in [-0.2, -0.15) is 0 Å². The predicted octanol–water partition coefficient (Wildman–Crippen LogP) is 5.18. The molecular formula is C23H28ClN5OS. The predicted molar refractivity (Wildman–Crippen MR) is 131 cm³/mol. The highest BCUT2D eigenvalue weighted by Gasteiger charge is 2.34. The molecule has 6 nitrogen and oxygen atoms in total. The Balaban J connectivity index is 2.17.